The third kappa shape index (κ3) is 7.13. The lowest BCUT2D eigenvalue weighted by molar-refractivity contribution is -0.116. The smallest absolute Gasteiger partial charge is 0.224 e. The lowest BCUT2D eigenvalue weighted by Gasteiger charge is -2.27. The Bertz CT molecular complexity index is 642. The highest BCUT2D eigenvalue weighted by atomic mass is 16.5. The molecule has 0 saturated carbocycles. The van der Waals surface area contributed by atoms with Crippen LogP contribution in [0.25, 0.3) is 0 Å². The molecule has 28 heavy (non-hydrogen) atoms. The Kier molecular flexibility index (Phi) is 9.23. The van der Waals surface area contributed by atoms with Crippen LogP contribution in [0.5, 0.6) is 0 Å². The summed E-state index contributed by atoms with van der Waals surface area (Å²) < 4.78 is 5.55. The molecule has 156 valence electrons. The number of carbonyl (C=O) groups is 1. The van der Waals surface area contributed by atoms with Crippen molar-refractivity contribution in [1.29, 1.82) is 0 Å². The van der Waals surface area contributed by atoms with Crippen LogP contribution in [0.4, 0.5) is 5.69 Å². The highest BCUT2D eigenvalue weighted by Crippen LogP contribution is 2.31. The molecule has 0 aliphatic carbocycles. The molecular formula is C21H34N4O3. The van der Waals surface area contributed by atoms with Gasteiger partial charge in [-0.3, -0.25) is 4.79 Å². The minimum Gasteiger partial charge on any atom is -0.396 e. The summed E-state index contributed by atoms with van der Waals surface area (Å²) in [4.78, 5) is 16.5. The largest absolute Gasteiger partial charge is 0.396 e. The monoisotopic (exact) mass is 390 g/mol. The molecule has 2 rings (SSSR count). The Morgan fingerprint density at radius 3 is 2.86 bits per heavy atom. The zero-order valence-corrected chi connectivity index (χ0v) is 17.1. The number of hydrogen-bond acceptors (Lipinski definition) is 4. The summed E-state index contributed by atoms with van der Waals surface area (Å²) in [5.74, 6) is 0.776. The highest BCUT2D eigenvalue weighted by molar-refractivity contribution is 5.90. The van der Waals surface area contributed by atoms with E-state index in [2.05, 4.69) is 20.9 Å². The van der Waals surface area contributed by atoms with Gasteiger partial charge in [0, 0.05) is 43.8 Å². The number of nitrogens with one attached hydrogen (secondary N) is 3. The second-order valence-electron chi connectivity index (χ2n) is 7.32. The summed E-state index contributed by atoms with van der Waals surface area (Å²) >= 11 is 0. The van der Waals surface area contributed by atoms with Gasteiger partial charge in [0.2, 0.25) is 5.91 Å². The summed E-state index contributed by atoms with van der Waals surface area (Å²) in [5, 5.41) is 19.0. The van der Waals surface area contributed by atoms with Crippen molar-refractivity contribution in [3.63, 3.8) is 0 Å². The average molecular weight is 391 g/mol. The summed E-state index contributed by atoms with van der Waals surface area (Å²) in [7, 11) is 0. The number of nitrogens with zero attached hydrogens (tertiary/aromatic N) is 1. The van der Waals surface area contributed by atoms with Crippen molar-refractivity contribution < 1.29 is 14.6 Å². The Labute approximate surface area is 168 Å². The van der Waals surface area contributed by atoms with Gasteiger partial charge < -0.3 is 25.8 Å². The molecule has 1 heterocycles. The summed E-state index contributed by atoms with van der Waals surface area (Å²) in [6, 6.07) is 7.78. The van der Waals surface area contributed by atoms with Crippen molar-refractivity contribution in [3.05, 3.63) is 29.8 Å². The third-order valence-electron chi connectivity index (χ3n) is 4.91. The van der Waals surface area contributed by atoms with Gasteiger partial charge in [0.25, 0.3) is 0 Å². The van der Waals surface area contributed by atoms with Gasteiger partial charge in [-0.05, 0) is 43.9 Å². The fourth-order valence-corrected chi connectivity index (χ4v) is 3.29. The van der Waals surface area contributed by atoms with Crippen LogP contribution in [0.1, 0.15) is 45.1 Å². The zero-order chi connectivity index (χ0) is 20.2. The quantitative estimate of drug-likeness (QED) is 0.363. The molecule has 0 spiro atoms. The summed E-state index contributed by atoms with van der Waals surface area (Å²) in [6.07, 6.45) is 3.02. The van der Waals surface area contributed by atoms with E-state index in [4.69, 9.17) is 4.74 Å². The van der Waals surface area contributed by atoms with Crippen LogP contribution in [0.3, 0.4) is 0 Å². The number of guanidine groups is 1. The first-order chi connectivity index (χ1) is 13.6. The Morgan fingerprint density at radius 2 is 2.18 bits per heavy atom. The van der Waals surface area contributed by atoms with Gasteiger partial charge in [-0.2, -0.15) is 0 Å². The first-order valence-electron chi connectivity index (χ1n) is 10.2. The first-order valence-corrected chi connectivity index (χ1v) is 10.2. The fourth-order valence-electron chi connectivity index (χ4n) is 3.29. The minimum absolute atomic E-state index is 0.0333. The number of aliphatic imine (C=N–C) groups is 1. The van der Waals surface area contributed by atoms with E-state index in [0.717, 1.165) is 49.6 Å². The van der Waals surface area contributed by atoms with Crippen LogP contribution in [0.15, 0.2) is 29.3 Å². The van der Waals surface area contributed by atoms with Gasteiger partial charge in [0.05, 0.1) is 13.2 Å². The van der Waals surface area contributed by atoms with E-state index < -0.39 is 0 Å². The first kappa shape index (κ1) is 22.2. The average Bonchev–Trinajstić information content (AvgIpc) is 3.13. The molecule has 7 heteroatoms. The maximum Gasteiger partial charge on any atom is 0.224 e. The molecule has 1 amide bonds. The van der Waals surface area contributed by atoms with Crippen molar-refractivity contribution in [1.82, 2.24) is 10.6 Å². The van der Waals surface area contributed by atoms with Gasteiger partial charge in [-0.15, -0.1) is 0 Å². The lowest BCUT2D eigenvalue weighted by atomic mass is 9.84. The van der Waals surface area contributed by atoms with E-state index in [9.17, 15) is 9.90 Å². The van der Waals surface area contributed by atoms with Crippen molar-refractivity contribution in [2.24, 2.45) is 10.4 Å². The SMILES string of the molecule is CCCC(=O)Nc1cccc(CN=C(NCC)NCC2(CCO)CCOC2)c1. The summed E-state index contributed by atoms with van der Waals surface area (Å²) in [5.41, 5.74) is 1.80. The number of aliphatic hydroxyl groups excluding tert-OH is 1. The van der Waals surface area contributed by atoms with E-state index in [-0.39, 0.29) is 17.9 Å². The molecule has 4 N–H and O–H groups in total. The van der Waals surface area contributed by atoms with E-state index >= 15 is 0 Å². The standard InChI is InChI=1S/C21H34N4O3/c1-3-6-19(27)25-18-8-5-7-17(13-18)14-23-20(22-4-2)24-15-21(9-11-26)10-12-28-16-21/h5,7-8,13,26H,3-4,6,9-12,14-16H2,1-2H3,(H,25,27)(H2,22,23,24). The van der Waals surface area contributed by atoms with Gasteiger partial charge in [-0.25, -0.2) is 4.99 Å². The second-order valence-corrected chi connectivity index (χ2v) is 7.32. The molecule has 0 radical (unpaired) electrons. The normalized spacial score (nSPS) is 19.5. The number of carbonyl (C=O) groups excluding carboxylic acids is 1. The molecule has 7 nitrogen and oxygen atoms in total. The number of hydrogen-bond donors (Lipinski definition) is 4. The summed E-state index contributed by atoms with van der Waals surface area (Å²) in [6.45, 7) is 7.58. The number of rotatable bonds is 10. The Hall–Kier alpha value is -2.12. The molecule has 1 fully saturated rings. The zero-order valence-electron chi connectivity index (χ0n) is 17.1. The van der Waals surface area contributed by atoms with Gasteiger partial charge in [0.15, 0.2) is 5.96 Å². The van der Waals surface area contributed by atoms with Gasteiger partial charge in [-0.1, -0.05) is 19.1 Å². The number of ether oxygens (including phenoxy) is 1. The number of aliphatic hydroxyl groups is 1. The second kappa shape index (κ2) is 11.7. The highest BCUT2D eigenvalue weighted by Gasteiger charge is 2.34. The topological polar surface area (TPSA) is 95.0 Å². The maximum absolute atomic E-state index is 11.8. The number of anilines is 1. The van der Waals surface area contributed by atoms with Crippen molar-refractivity contribution >= 4 is 17.6 Å². The molecule has 1 unspecified atom stereocenters. The van der Waals surface area contributed by atoms with Crippen LogP contribution in [-0.4, -0.2) is 49.9 Å². The van der Waals surface area contributed by atoms with E-state index in [1.807, 2.05) is 38.1 Å². The van der Waals surface area contributed by atoms with E-state index in [1.165, 1.54) is 0 Å². The molecule has 1 aromatic carbocycles. The Balaban J connectivity index is 1.97. The van der Waals surface area contributed by atoms with Gasteiger partial charge >= 0.3 is 0 Å². The van der Waals surface area contributed by atoms with Crippen molar-refractivity contribution in [2.45, 2.75) is 46.1 Å². The predicted octanol–water partition coefficient (Wildman–Crippen LogP) is 2.27. The van der Waals surface area contributed by atoms with Crippen molar-refractivity contribution in [3.8, 4) is 0 Å². The van der Waals surface area contributed by atoms with Crippen LogP contribution in [-0.2, 0) is 16.1 Å². The predicted molar refractivity (Wildman–Crippen MR) is 112 cm³/mol. The van der Waals surface area contributed by atoms with Crippen LogP contribution < -0.4 is 16.0 Å². The molecule has 1 saturated heterocycles. The molecular weight excluding hydrogens is 356 g/mol. The fraction of sp³-hybridized carbons (Fsp3) is 0.619. The van der Waals surface area contributed by atoms with E-state index in [0.29, 0.717) is 26.1 Å². The molecule has 0 aromatic heterocycles. The minimum atomic E-state index is -0.0333. The third-order valence-corrected chi connectivity index (χ3v) is 4.91. The molecule has 1 aromatic rings. The number of benzene rings is 1. The Morgan fingerprint density at radius 1 is 1.32 bits per heavy atom. The molecule has 0 bridgehead atoms. The molecule has 1 atom stereocenters. The van der Waals surface area contributed by atoms with Crippen molar-refractivity contribution in [2.75, 3.05) is 38.2 Å². The molecule has 1 aliphatic rings. The molecule has 1 aliphatic heterocycles. The maximum atomic E-state index is 11.8. The van der Waals surface area contributed by atoms with Crippen LogP contribution in [0, 0.1) is 5.41 Å². The van der Waals surface area contributed by atoms with E-state index in [1.54, 1.807) is 0 Å². The van der Waals surface area contributed by atoms with Gasteiger partial charge in [0.1, 0.15) is 0 Å². The lowest BCUT2D eigenvalue weighted by Crippen LogP contribution is -2.44. The van der Waals surface area contributed by atoms with Crippen LogP contribution >= 0.6 is 0 Å². The van der Waals surface area contributed by atoms with Crippen LogP contribution in [0.2, 0.25) is 0 Å². The number of amides is 1.